The molecule has 2 atom stereocenters. The highest BCUT2D eigenvalue weighted by Gasteiger charge is 2.20. The van der Waals surface area contributed by atoms with Gasteiger partial charge in [-0.05, 0) is 55.8 Å². The Labute approximate surface area is 125 Å². The van der Waals surface area contributed by atoms with Crippen LogP contribution in [0.4, 0.5) is 4.39 Å². The second-order valence-corrected chi connectivity index (χ2v) is 5.44. The van der Waals surface area contributed by atoms with Crippen molar-refractivity contribution in [2.24, 2.45) is 5.73 Å². The lowest BCUT2D eigenvalue weighted by Crippen LogP contribution is -2.38. The first kappa shape index (κ1) is 15.6. The van der Waals surface area contributed by atoms with Gasteiger partial charge in [-0.1, -0.05) is 12.1 Å². The van der Waals surface area contributed by atoms with Crippen molar-refractivity contribution < 1.29 is 4.39 Å². The maximum absolute atomic E-state index is 13.1. The highest BCUT2D eigenvalue weighted by atomic mass is 19.1. The van der Waals surface area contributed by atoms with Crippen molar-refractivity contribution in [3.05, 3.63) is 65.7 Å². The fourth-order valence-electron chi connectivity index (χ4n) is 2.61. The fourth-order valence-corrected chi connectivity index (χ4v) is 2.61. The van der Waals surface area contributed by atoms with Crippen molar-refractivity contribution in [2.45, 2.75) is 25.4 Å². The molecule has 0 spiro atoms. The van der Waals surface area contributed by atoms with Gasteiger partial charge in [0.15, 0.2) is 0 Å². The summed E-state index contributed by atoms with van der Waals surface area (Å²) < 4.78 is 13.1. The van der Waals surface area contributed by atoms with Gasteiger partial charge in [-0.3, -0.25) is 9.88 Å². The molecule has 0 fully saturated rings. The summed E-state index contributed by atoms with van der Waals surface area (Å²) in [6, 6.07) is 10.7. The van der Waals surface area contributed by atoms with Crippen molar-refractivity contribution in [2.75, 3.05) is 13.6 Å². The summed E-state index contributed by atoms with van der Waals surface area (Å²) in [6.07, 6.45) is 4.54. The van der Waals surface area contributed by atoms with E-state index in [-0.39, 0.29) is 17.9 Å². The molecule has 2 N–H and O–H groups in total. The zero-order chi connectivity index (χ0) is 15.2. The van der Waals surface area contributed by atoms with Gasteiger partial charge in [0.2, 0.25) is 0 Å². The Morgan fingerprint density at radius 2 is 1.76 bits per heavy atom. The molecular formula is C17H22FN3. The smallest absolute Gasteiger partial charge is 0.123 e. The first-order valence-corrected chi connectivity index (χ1v) is 7.18. The third-order valence-electron chi connectivity index (χ3n) is 3.69. The minimum Gasteiger partial charge on any atom is -0.326 e. The summed E-state index contributed by atoms with van der Waals surface area (Å²) in [7, 11) is 2.05. The van der Waals surface area contributed by atoms with Crippen LogP contribution in [0, 0.1) is 5.82 Å². The summed E-state index contributed by atoms with van der Waals surface area (Å²) in [4.78, 5) is 6.24. The van der Waals surface area contributed by atoms with E-state index in [1.807, 2.05) is 31.2 Å². The van der Waals surface area contributed by atoms with E-state index in [1.165, 1.54) is 17.7 Å². The van der Waals surface area contributed by atoms with E-state index < -0.39 is 0 Å². The maximum Gasteiger partial charge on any atom is 0.123 e. The first-order valence-electron chi connectivity index (χ1n) is 7.18. The third kappa shape index (κ3) is 4.34. The number of pyridine rings is 1. The Morgan fingerprint density at radius 1 is 1.14 bits per heavy atom. The van der Waals surface area contributed by atoms with Crippen LogP contribution in [0.5, 0.6) is 0 Å². The molecule has 2 aromatic rings. The number of nitrogens with zero attached hydrogens (tertiary/aromatic N) is 2. The lowest BCUT2D eigenvalue weighted by atomic mass is 9.99. The quantitative estimate of drug-likeness (QED) is 0.888. The molecular weight excluding hydrogens is 265 g/mol. The van der Waals surface area contributed by atoms with E-state index in [1.54, 1.807) is 12.4 Å². The molecule has 0 saturated heterocycles. The highest BCUT2D eigenvalue weighted by molar-refractivity contribution is 5.21. The van der Waals surface area contributed by atoms with Crippen LogP contribution in [-0.2, 0) is 6.42 Å². The van der Waals surface area contributed by atoms with Crippen LogP contribution in [0.3, 0.4) is 0 Å². The van der Waals surface area contributed by atoms with Gasteiger partial charge < -0.3 is 5.73 Å². The number of aromatic nitrogens is 1. The molecule has 0 amide bonds. The molecule has 0 radical (unpaired) electrons. The molecule has 0 aliphatic rings. The molecule has 112 valence electrons. The number of halogens is 1. The SMILES string of the molecule is CC(N)C(c1ccc(F)cc1)N(C)CCc1ccncc1. The number of likely N-dealkylation sites (N-methyl/N-ethyl adjacent to an activating group) is 1. The Bertz CT molecular complexity index is 540. The summed E-state index contributed by atoms with van der Waals surface area (Å²) in [5, 5.41) is 0. The molecule has 2 unspecified atom stereocenters. The Hall–Kier alpha value is -1.78. The zero-order valence-electron chi connectivity index (χ0n) is 12.5. The van der Waals surface area contributed by atoms with Crippen LogP contribution in [0.25, 0.3) is 0 Å². The standard InChI is InChI=1S/C17H22FN3/c1-13(19)17(15-3-5-16(18)6-4-15)21(2)12-9-14-7-10-20-11-8-14/h3-8,10-11,13,17H,9,12,19H2,1-2H3. The number of benzene rings is 1. The van der Waals surface area contributed by atoms with E-state index in [2.05, 4.69) is 16.9 Å². The average Bonchev–Trinajstić information content (AvgIpc) is 2.48. The molecule has 0 aliphatic carbocycles. The topological polar surface area (TPSA) is 42.1 Å². The number of hydrogen-bond acceptors (Lipinski definition) is 3. The molecule has 0 saturated carbocycles. The van der Waals surface area contributed by atoms with E-state index >= 15 is 0 Å². The monoisotopic (exact) mass is 287 g/mol. The van der Waals surface area contributed by atoms with Gasteiger partial charge in [0, 0.05) is 31.0 Å². The summed E-state index contributed by atoms with van der Waals surface area (Å²) >= 11 is 0. The van der Waals surface area contributed by atoms with Crippen LogP contribution < -0.4 is 5.73 Å². The van der Waals surface area contributed by atoms with Crippen molar-refractivity contribution in [1.29, 1.82) is 0 Å². The average molecular weight is 287 g/mol. The molecule has 1 aromatic heterocycles. The molecule has 2 rings (SSSR count). The van der Waals surface area contributed by atoms with E-state index in [0.29, 0.717) is 0 Å². The van der Waals surface area contributed by atoms with Gasteiger partial charge in [-0.2, -0.15) is 0 Å². The van der Waals surface area contributed by atoms with E-state index in [9.17, 15) is 4.39 Å². The van der Waals surface area contributed by atoms with Crippen molar-refractivity contribution in [3.63, 3.8) is 0 Å². The predicted molar refractivity (Wildman–Crippen MR) is 83.4 cm³/mol. The van der Waals surface area contributed by atoms with Crippen molar-refractivity contribution >= 4 is 0 Å². The molecule has 0 aliphatic heterocycles. The minimum absolute atomic E-state index is 0.0297. The summed E-state index contributed by atoms with van der Waals surface area (Å²) in [5.74, 6) is -0.221. The van der Waals surface area contributed by atoms with E-state index in [0.717, 1.165) is 18.5 Å². The Kier molecular flexibility index (Phi) is 5.42. The number of hydrogen-bond donors (Lipinski definition) is 1. The zero-order valence-corrected chi connectivity index (χ0v) is 12.5. The molecule has 21 heavy (non-hydrogen) atoms. The lowest BCUT2D eigenvalue weighted by molar-refractivity contribution is 0.221. The van der Waals surface area contributed by atoms with Crippen LogP contribution in [0.1, 0.15) is 24.1 Å². The van der Waals surface area contributed by atoms with Crippen molar-refractivity contribution in [3.8, 4) is 0 Å². The van der Waals surface area contributed by atoms with Crippen LogP contribution in [0.15, 0.2) is 48.8 Å². The second-order valence-electron chi connectivity index (χ2n) is 5.44. The lowest BCUT2D eigenvalue weighted by Gasteiger charge is -2.31. The summed E-state index contributed by atoms with van der Waals surface area (Å²) in [6.45, 7) is 2.87. The van der Waals surface area contributed by atoms with Gasteiger partial charge in [-0.25, -0.2) is 4.39 Å². The van der Waals surface area contributed by atoms with Gasteiger partial charge in [-0.15, -0.1) is 0 Å². The van der Waals surface area contributed by atoms with E-state index in [4.69, 9.17) is 5.73 Å². The Morgan fingerprint density at radius 3 is 2.33 bits per heavy atom. The number of rotatable bonds is 6. The first-order chi connectivity index (χ1) is 10.1. The van der Waals surface area contributed by atoms with Crippen LogP contribution >= 0.6 is 0 Å². The number of nitrogens with two attached hydrogens (primary N) is 1. The molecule has 1 heterocycles. The Balaban J connectivity index is 2.05. The normalized spacial score (nSPS) is 14.1. The molecule has 0 bridgehead atoms. The minimum atomic E-state index is -0.221. The van der Waals surface area contributed by atoms with Gasteiger partial charge in [0.1, 0.15) is 5.82 Å². The van der Waals surface area contributed by atoms with Crippen molar-refractivity contribution in [1.82, 2.24) is 9.88 Å². The highest BCUT2D eigenvalue weighted by Crippen LogP contribution is 2.22. The summed E-state index contributed by atoms with van der Waals surface area (Å²) in [5.41, 5.74) is 8.43. The molecule has 1 aromatic carbocycles. The van der Waals surface area contributed by atoms with Gasteiger partial charge in [0.05, 0.1) is 0 Å². The second kappa shape index (κ2) is 7.29. The predicted octanol–water partition coefficient (Wildman–Crippen LogP) is 2.78. The third-order valence-corrected chi connectivity index (χ3v) is 3.69. The van der Waals surface area contributed by atoms with Crippen LogP contribution in [0.2, 0.25) is 0 Å². The van der Waals surface area contributed by atoms with Crippen LogP contribution in [-0.4, -0.2) is 29.5 Å². The fraction of sp³-hybridized carbons (Fsp3) is 0.353. The maximum atomic E-state index is 13.1. The van der Waals surface area contributed by atoms with Gasteiger partial charge in [0.25, 0.3) is 0 Å². The largest absolute Gasteiger partial charge is 0.326 e. The molecule has 3 nitrogen and oxygen atoms in total. The van der Waals surface area contributed by atoms with Gasteiger partial charge >= 0.3 is 0 Å². The molecule has 4 heteroatoms.